The van der Waals surface area contributed by atoms with Gasteiger partial charge in [0.15, 0.2) is 24.4 Å². The summed E-state index contributed by atoms with van der Waals surface area (Å²) in [6.07, 6.45) is -5.47. The van der Waals surface area contributed by atoms with E-state index in [2.05, 4.69) is 0 Å². The van der Waals surface area contributed by atoms with Gasteiger partial charge < -0.3 is 23.7 Å². The molecule has 0 saturated carbocycles. The molecule has 4 atom stereocenters. The van der Waals surface area contributed by atoms with Gasteiger partial charge in [-0.25, -0.2) is 4.42 Å². The Kier molecular flexibility index (Phi) is 11.9. The molecule has 4 unspecified atom stereocenters. The Balaban J connectivity index is 6.17. The molecule has 0 radical (unpaired) electrons. The van der Waals surface area contributed by atoms with Crippen molar-refractivity contribution in [2.24, 2.45) is 0 Å². The van der Waals surface area contributed by atoms with Crippen LogP contribution in [0.2, 0.25) is 0 Å². The topological polar surface area (TPSA) is 135 Å². The van der Waals surface area contributed by atoms with Gasteiger partial charge in [-0.2, -0.15) is 0 Å². The van der Waals surface area contributed by atoms with E-state index < -0.39 is 60.9 Å². The Morgan fingerprint density at radius 2 is 1.07 bits per heavy atom. The molecule has 29 heavy (non-hydrogen) atoms. The van der Waals surface area contributed by atoms with Crippen molar-refractivity contribution in [1.82, 2.24) is 4.42 Å². The summed E-state index contributed by atoms with van der Waals surface area (Å²) in [4.78, 5) is 57.7. The lowest BCUT2D eigenvalue weighted by Crippen LogP contribution is -2.54. The molecular weight excluding hydrogens is 414 g/mol. The molecule has 0 fully saturated rings. The minimum absolute atomic E-state index is 0.142. The SMILES string of the molecule is CC(=O)OCC(OC(C)=O)C(OC(C)=O)C(OC(C)=O)C(CN(C)Cl)OC(C)=O. The molecule has 0 spiro atoms. The first kappa shape index (κ1) is 26.6. The second kappa shape index (κ2) is 12.9. The van der Waals surface area contributed by atoms with Gasteiger partial charge in [0.1, 0.15) is 6.61 Å². The van der Waals surface area contributed by atoms with Gasteiger partial charge in [0, 0.05) is 41.7 Å². The molecule has 0 bridgehead atoms. The molecule has 0 aliphatic rings. The molecular formula is C17H26ClNO10. The first-order chi connectivity index (χ1) is 13.3. The standard InChI is InChI=1S/C17H26ClNO10/c1-9(20)25-8-15(27-11(3)22)17(29-13(5)24)16(28-12(4)23)14(7-19(6)18)26-10(2)21/h14-17H,7-8H2,1-6H3. The summed E-state index contributed by atoms with van der Waals surface area (Å²) in [6, 6.07) is 0. The number of hydrogen-bond acceptors (Lipinski definition) is 11. The van der Waals surface area contributed by atoms with Crippen LogP contribution < -0.4 is 0 Å². The Bertz CT molecular complexity index is 609. The van der Waals surface area contributed by atoms with E-state index in [4.69, 9.17) is 35.5 Å². The third-order valence-corrected chi connectivity index (χ3v) is 3.32. The van der Waals surface area contributed by atoms with Crippen LogP contribution in [0.3, 0.4) is 0 Å². The van der Waals surface area contributed by atoms with Gasteiger partial charge in [0.05, 0.1) is 6.54 Å². The highest BCUT2D eigenvalue weighted by atomic mass is 35.5. The van der Waals surface area contributed by atoms with E-state index in [1.165, 1.54) is 7.05 Å². The number of nitrogens with zero attached hydrogens (tertiary/aromatic N) is 1. The molecule has 0 heterocycles. The molecule has 0 aromatic rings. The van der Waals surface area contributed by atoms with Crippen LogP contribution in [0, 0.1) is 0 Å². The number of hydrogen-bond donors (Lipinski definition) is 0. The molecule has 12 heteroatoms. The van der Waals surface area contributed by atoms with Crippen molar-refractivity contribution in [3.05, 3.63) is 0 Å². The van der Waals surface area contributed by atoms with E-state index in [0.29, 0.717) is 0 Å². The van der Waals surface area contributed by atoms with E-state index in [9.17, 15) is 24.0 Å². The van der Waals surface area contributed by atoms with E-state index in [-0.39, 0.29) is 6.54 Å². The van der Waals surface area contributed by atoms with Crippen molar-refractivity contribution >= 4 is 41.6 Å². The van der Waals surface area contributed by atoms with E-state index in [1.807, 2.05) is 0 Å². The molecule has 0 saturated heterocycles. The number of rotatable bonds is 11. The van der Waals surface area contributed by atoms with Crippen LogP contribution in [0.15, 0.2) is 0 Å². The molecule has 0 rings (SSSR count). The van der Waals surface area contributed by atoms with Gasteiger partial charge in [-0.15, -0.1) is 0 Å². The molecule has 0 aliphatic heterocycles. The first-order valence-corrected chi connectivity index (χ1v) is 8.86. The summed E-state index contributed by atoms with van der Waals surface area (Å²) in [5, 5.41) is 0. The average molecular weight is 440 g/mol. The minimum atomic E-state index is -1.47. The Hall–Kier alpha value is -2.40. The van der Waals surface area contributed by atoms with E-state index >= 15 is 0 Å². The third kappa shape index (κ3) is 11.9. The average Bonchev–Trinajstić information content (AvgIpc) is 2.52. The lowest BCUT2D eigenvalue weighted by molar-refractivity contribution is -0.202. The Morgan fingerprint density at radius 3 is 1.41 bits per heavy atom. The molecule has 0 aliphatic carbocycles. The zero-order valence-corrected chi connectivity index (χ0v) is 17.9. The summed E-state index contributed by atoms with van der Waals surface area (Å²) in [7, 11) is 1.45. The number of esters is 5. The molecule has 0 amide bonds. The molecule has 0 aromatic heterocycles. The van der Waals surface area contributed by atoms with Crippen LogP contribution in [0.25, 0.3) is 0 Å². The fourth-order valence-corrected chi connectivity index (χ4v) is 2.51. The maximum absolute atomic E-state index is 11.7. The van der Waals surface area contributed by atoms with Gasteiger partial charge in [-0.3, -0.25) is 24.0 Å². The maximum atomic E-state index is 11.7. The first-order valence-electron chi connectivity index (χ1n) is 8.52. The van der Waals surface area contributed by atoms with Crippen molar-refractivity contribution < 1.29 is 47.7 Å². The predicted molar refractivity (Wildman–Crippen MR) is 97.3 cm³/mol. The van der Waals surface area contributed by atoms with Crippen LogP contribution in [0.1, 0.15) is 34.6 Å². The fourth-order valence-electron chi connectivity index (χ4n) is 2.37. The van der Waals surface area contributed by atoms with Gasteiger partial charge in [0.25, 0.3) is 0 Å². The summed E-state index contributed by atoms with van der Waals surface area (Å²) in [5.41, 5.74) is 0. The van der Waals surface area contributed by atoms with Crippen molar-refractivity contribution in [3.63, 3.8) is 0 Å². The highest BCUT2D eigenvalue weighted by molar-refractivity contribution is 6.13. The Morgan fingerprint density at radius 1 is 0.690 bits per heavy atom. The molecule has 166 valence electrons. The summed E-state index contributed by atoms with van der Waals surface area (Å²) in [6.45, 7) is 4.84. The number of halogens is 1. The van der Waals surface area contributed by atoms with E-state index in [0.717, 1.165) is 39.0 Å². The van der Waals surface area contributed by atoms with E-state index in [1.54, 1.807) is 0 Å². The molecule has 0 aromatic carbocycles. The summed E-state index contributed by atoms with van der Waals surface area (Å²) >= 11 is 5.85. The monoisotopic (exact) mass is 439 g/mol. The summed E-state index contributed by atoms with van der Waals surface area (Å²) in [5.74, 6) is -3.80. The largest absolute Gasteiger partial charge is 0.462 e. The minimum Gasteiger partial charge on any atom is -0.462 e. The number of carbonyl (C=O) groups is 5. The van der Waals surface area contributed by atoms with Gasteiger partial charge in [-0.1, -0.05) is 0 Å². The predicted octanol–water partition coefficient (Wildman–Crippen LogP) is 0.362. The van der Waals surface area contributed by atoms with Gasteiger partial charge in [-0.05, 0) is 11.8 Å². The highest BCUT2D eigenvalue weighted by Gasteiger charge is 2.44. The fraction of sp³-hybridized carbons (Fsp3) is 0.706. The normalized spacial score (nSPS) is 14.8. The van der Waals surface area contributed by atoms with Crippen molar-refractivity contribution in [2.75, 3.05) is 20.2 Å². The zero-order valence-electron chi connectivity index (χ0n) is 17.1. The van der Waals surface area contributed by atoms with Gasteiger partial charge >= 0.3 is 29.8 Å². The van der Waals surface area contributed by atoms with Crippen LogP contribution in [-0.4, -0.2) is 78.9 Å². The molecule has 11 nitrogen and oxygen atoms in total. The lowest BCUT2D eigenvalue weighted by atomic mass is 10.0. The maximum Gasteiger partial charge on any atom is 0.303 e. The second-order valence-corrected chi connectivity index (χ2v) is 6.61. The van der Waals surface area contributed by atoms with Crippen LogP contribution in [0.5, 0.6) is 0 Å². The highest BCUT2D eigenvalue weighted by Crippen LogP contribution is 2.21. The second-order valence-electron chi connectivity index (χ2n) is 6.03. The smallest absolute Gasteiger partial charge is 0.303 e. The third-order valence-electron chi connectivity index (χ3n) is 3.18. The molecule has 0 N–H and O–H groups in total. The van der Waals surface area contributed by atoms with Crippen molar-refractivity contribution in [1.29, 1.82) is 0 Å². The Labute approximate surface area is 173 Å². The van der Waals surface area contributed by atoms with Crippen LogP contribution in [0.4, 0.5) is 0 Å². The van der Waals surface area contributed by atoms with Crippen molar-refractivity contribution in [2.45, 2.75) is 59.0 Å². The van der Waals surface area contributed by atoms with Crippen molar-refractivity contribution in [3.8, 4) is 0 Å². The summed E-state index contributed by atoms with van der Waals surface area (Å²) < 4.78 is 26.8. The van der Waals surface area contributed by atoms with Gasteiger partial charge in [0.2, 0.25) is 0 Å². The van der Waals surface area contributed by atoms with Crippen LogP contribution in [-0.2, 0) is 47.7 Å². The number of likely N-dealkylation sites (N-methyl/N-ethyl adjacent to an activating group) is 1. The quantitative estimate of drug-likeness (QED) is 0.251. The number of carbonyl (C=O) groups excluding carboxylic acids is 5. The number of ether oxygens (including phenoxy) is 5. The lowest BCUT2D eigenvalue weighted by Gasteiger charge is -2.35. The van der Waals surface area contributed by atoms with Crippen LogP contribution >= 0.6 is 11.8 Å². The zero-order chi connectivity index (χ0) is 22.7.